The molecule has 1 radical (unpaired) electrons. The van der Waals surface area contributed by atoms with Gasteiger partial charge >= 0.3 is 0 Å². The van der Waals surface area contributed by atoms with Crippen molar-refractivity contribution < 1.29 is 5.11 Å². The Balaban J connectivity index is 1.93. The van der Waals surface area contributed by atoms with Gasteiger partial charge in [0.15, 0.2) is 0 Å². The van der Waals surface area contributed by atoms with Gasteiger partial charge in [0.2, 0.25) is 0 Å². The minimum atomic E-state index is -0.653. The van der Waals surface area contributed by atoms with Crippen molar-refractivity contribution in [3.63, 3.8) is 0 Å². The van der Waals surface area contributed by atoms with Gasteiger partial charge in [-0.2, -0.15) is 0 Å². The molecule has 1 atom stereocenters. The fourth-order valence-corrected chi connectivity index (χ4v) is 3.99. The number of nitrogens with two attached hydrogens (primary N) is 1. The lowest BCUT2D eigenvalue weighted by molar-refractivity contribution is 0.164. The second-order valence-electron chi connectivity index (χ2n) is 6.95. The van der Waals surface area contributed by atoms with Crippen LogP contribution < -0.4 is 11.1 Å². The minimum Gasteiger partial charge on any atom is -0.367 e. The first kappa shape index (κ1) is 16.1. The van der Waals surface area contributed by atoms with Crippen molar-refractivity contribution in [1.82, 2.24) is 0 Å². The van der Waals surface area contributed by atoms with E-state index >= 15 is 0 Å². The Morgan fingerprint density at radius 3 is 2.20 bits per heavy atom. The molecule has 0 aliphatic rings. The summed E-state index contributed by atoms with van der Waals surface area (Å²) in [6.45, 7) is 1.92. The molecular weight excluding hydrogens is 308 g/mol. The molecule has 0 bridgehead atoms. The average Bonchev–Trinajstić information content (AvgIpc) is 2.61. The third kappa shape index (κ3) is 2.70. The zero-order valence-electron chi connectivity index (χ0n) is 14.5. The van der Waals surface area contributed by atoms with Crippen molar-refractivity contribution >= 4 is 38.0 Å². The summed E-state index contributed by atoms with van der Waals surface area (Å²) < 4.78 is 0. The van der Waals surface area contributed by atoms with E-state index in [2.05, 4.69) is 66.8 Å². The molecule has 0 spiro atoms. The van der Waals surface area contributed by atoms with Crippen molar-refractivity contribution in [2.45, 2.75) is 31.8 Å². The first-order valence-electron chi connectivity index (χ1n) is 8.97. The number of hydrogen-bond acceptors (Lipinski definition) is 2. The first-order chi connectivity index (χ1) is 12.1. The highest BCUT2D eigenvalue weighted by molar-refractivity contribution is 6.25. The van der Waals surface area contributed by atoms with Gasteiger partial charge in [0.25, 0.3) is 0 Å². The van der Waals surface area contributed by atoms with E-state index in [1.807, 2.05) is 0 Å². The molecule has 4 aromatic carbocycles. The van der Waals surface area contributed by atoms with Crippen molar-refractivity contribution in [1.29, 1.82) is 0 Å². The molecule has 1 unspecified atom stereocenters. The molecule has 0 aliphatic heterocycles. The topological polar surface area (TPSA) is 58.0 Å². The van der Waals surface area contributed by atoms with Crippen LogP contribution in [0.5, 0.6) is 0 Å². The summed E-state index contributed by atoms with van der Waals surface area (Å²) in [6, 6.07) is 19.3. The molecule has 25 heavy (non-hydrogen) atoms. The van der Waals surface area contributed by atoms with Gasteiger partial charge in [-0.3, -0.25) is 0 Å². The fraction of sp³-hybridized carbons (Fsp3) is 0.273. The minimum absolute atomic E-state index is 0.171. The maximum absolute atomic E-state index is 11.2. The predicted octanol–water partition coefficient (Wildman–Crippen LogP) is 5.27. The summed E-state index contributed by atoms with van der Waals surface area (Å²) in [4.78, 5) is 0. The standard InChI is InChI=1S/C22H23N2O/c1-2-12-22(23,13-14-25)24-19-11-9-17-7-6-15-4-3-5-16-8-10-18(19)21(17)20(15)16/h3-11,24H,2,12-14,23H2,1H3. The molecule has 127 valence electrons. The summed E-state index contributed by atoms with van der Waals surface area (Å²) in [6.07, 6.45) is 2.13. The van der Waals surface area contributed by atoms with E-state index in [4.69, 9.17) is 5.73 Å². The molecule has 0 saturated carbocycles. The van der Waals surface area contributed by atoms with E-state index < -0.39 is 5.66 Å². The Hall–Kier alpha value is -2.36. The highest BCUT2D eigenvalue weighted by Crippen LogP contribution is 2.38. The summed E-state index contributed by atoms with van der Waals surface area (Å²) in [5.41, 5.74) is 6.87. The van der Waals surface area contributed by atoms with Gasteiger partial charge in [0.05, 0.1) is 12.3 Å². The zero-order valence-corrected chi connectivity index (χ0v) is 14.5. The van der Waals surface area contributed by atoms with Gasteiger partial charge in [0.1, 0.15) is 0 Å². The van der Waals surface area contributed by atoms with Gasteiger partial charge in [0, 0.05) is 17.5 Å². The van der Waals surface area contributed by atoms with E-state index in [1.54, 1.807) is 0 Å². The predicted molar refractivity (Wildman–Crippen MR) is 106 cm³/mol. The van der Waals surface area contributed by atoms with E-state index in [-0.39, 0.29) is 6.61 Å². The number of benzene rings is 4. The largest absolute Gasteiger partial charge is 0.367 e. The van der Waals surface area contributed by atoms with Crippen LogP contribution in [0.1, 0.15) is 26.2 Å². The quantitative estimate of drug-likeness (QED) is 0.373. The number of anilines is 1. The molecule has 3 N–H and O–H groups in total. The number of rotatable bonds is 6. The van der Waals surface area contributed by atoms with E-state index in [1.165, 1.54) is 32.3 Å². The van der Waals surface area contributed by atoms with Crippen molar-refractivity contribution in [2.24, 2.45) is 5.73 Å². The maximum Gasteiger partial charge on any atom is 0.0879 e. The summed E-state index contributed by atoms with van der Waals surface area (Å²) >= 11 is 0. The third-order valence-electron chi connectivity index (χ3n) is 5.16. The van der Waals surface area contributed by atoms with Crippen LogP contribution in [0.4, 0.5) is 5.69 Å². The summed E-state index contributed by atoms with van der Waals surface area (Å²) in [5.74, 6) is 0. The molecule has 0 aromatic heterocycles. The smallest absolute Gasteiger partial charge is 0.0879 e. The van der Waals surface area contributed by atoms with E-state index in [0.29, 0.717) is 6.42 Å². The normalized spacial score (nSPS) is 14.4. The van der Waals surface area contributed by atoms with E-state index in [0.717, 1.165) is 18.5 Å². The van der Waals surface area contributed by atoms with E-state index in [9.17, 15) is 5.11 Å². The van der Waals surface area contributed by atoms with Gasteiger partial charge in [-0.05, 0) is 39.4 Å². The zero-order chi connectivity index (χ0) is 17.4. The third-order valence-corrected chi connectivity index (χ3v) is 5.16. The Morgan fingerprint density at radius 1 is 0.880 bits per heavy atom. The van der Waals surface area contributed by atoms with Crippen LogP contribution in [0.25, 0.3) is 32.3 Å². The molecule has 0 saturated heterocycles. The number of nitrogens with one attached hydrogen (secondary N) is 1. The lowest BCUT2D eigenvalue weighted by Gasteiger charge is -2.31. The second-order valence-corrected chi connectivity index (χ2v) is 6.95. The molecule has 4 aromatic rings. The van der Waals surface area contributed by atoms with Crippen LogP contribution in [-0.2, 0) is 5.11 Å². The first-order valence-corrected chi connectivity index (χ1v) is 8.97. The van der Waals surface area contributed by atoms with Crippen LogP contribution in [0.2, 0.25) is 0 Å². The highest BCUT2D eigenvalue weighted by Gasteiger charge is 2.24. The van der Waals surface area contributed by atoms with Crippen LogP contribution >= 0.6 is 0 Å². The molecule has 0 heterocycles. The monoisotopic (exact) mass is 331 g/mol. The molecule has 0 amide bonds. The lowest BCUT2D eigenvalue weighted by atomic mass is 9.92. The average molecular weight is 331 g/mol. The van der Waals surface area contributed by atoms with Crippen LogP contribution in [0, 0.1) is 0 Å². The van der Waals surface area contributed by atoms with Crippen LogP contribution in [-0.4, -0.2) is 12.3 Å². The van der Waals surface area contributed by atoms with Crippen molar-refractivity contribution in [2.75, 3.05) is 11.9 Å². The lowest BCUT2D eigenvalue weighted by Crippen LogP contribution is -2.48. The van der Waals surface area contributed by atoms with Crippen LogP contribution in [0.15, 0.2) is 54.6 Å². The molecule has 3 nitrogen and oxygen atoms in total. The van der Waals surface area contributed by atoms with Gasteiger partial charge in [-0.1, -0.05) is 61.9 Å². The summed E-state index contributed by atoms with van der Waals surface area (Å²) in [7, 11) is 0. The maximum atomic E-state index is 11.2. The molecule has 0 fully saturated rings. The molecule has 4 rings (SSSR count). The Bertz CT molecular complexity index is 1000. The Morgan fingerprint density at radius 2 is 1.52 bits per heavy atom. The molecular formula is C22H23N2O. The van der Waals surface area contributed by atoms with Crippen LogP contribution in [0.3, 0.4) is 0 Å². The SMILES string of the molecule is CCCC(N)(CC[O])Nc1ccc2ccc3cccc4ccc1c2c34. The summed E-state index contributed by atoms with van der Waals surface area (Å²) in [5, 5.41) is 22.2. The fourth-order valence-electron chi connectivity index (χ4n) is 3.99. The molecule has 3 heteroatoms. The van der Waals surface area contributed by atoms with Gasteiger partial charge < -0.3 is 11.1 Å². The molecule has 0 aliphatic carbocycles. The van der Waals surface area contributed by atoms with Gasteiger partial charge in [-0.15, -0.1) is 0 Å². The Kier molecular flexibility index (Phi) is 3.98. The number of hydrogen-bond donors (Lipinski definition) is 2. The van der Waals surface area contributed by atoms with Crippen molar-refractivity contribution in [3.8, 4) is 0 Å². The van der Waals surface area contributed by atoms with Crippen molar-refractivity contribution in [3.05, 3.63) is 54.6 Å². The Labute approximate surface area is 147 Å². The van der Waals surface area contributed by atoms with Gasteiger partial charge in [-0.25, -0.2) is 5.11 Å². The highest BCUT2D eigenvalue weighted by atomic mass is 16.3. The second kappa shape index (κ2) is 6.17.